The minimum atomic E-state index is -0.588. The smallest absolute Gasteiger partial charge is 0.255 e. The molecule has 0 aliphatic carbocycles. The molecule has 0 bridgehead atoms. The zero-order valence-electron chi connectivity index (χ0n) is 30.4. The van der Waals surface area contributed by atoms with Crippen molar-refractivity contribution in [3.05, 3.63) is 88.6 Å². The summed E-state index contributed by atoms with van der Waals surface area (Å²) < 4.78 is 6.12. The first kappa shape index (κ1) is 34.7. The molecule has 0 saturated carbocycles. The minimum absolute atomic E-state index is 0.130. The van der Waals surface area contributed by atoms with Gasteiger partial charge in [0, 0.05) is 75.1 Å². The number of benzene rings is 3. The van der Waals surface area contributed by atoms with Gasteiger partial charge in [0.05, 0.1) is 23.4 Å². The number of aryl methyl sites for hydroxylation is 1. The van der Waals surface area contributed by atoms with Crippen molar-refractivity contribution in [1.82, 2.24) is 20.1 Å². The highest BCUT2D eigenvalue weighted by atomic mass is 16.5. The number of H-pyrrole nitrogens is 1. The van der Waals surface area contributed by atoms with E-state index in [0.717, 1.165) is 105 Å². The number of amides is 3. The summed E-state index contributed by atoms with van der Waals surface area (Å²) in [6.45, 7) is 10.0. The third-order valence-electron chi connectivity index (χ3n) is 11.7. The van der Waals surface area contributed by atoms with Gasteiger partial charge >= 0.3 is 0 Å². The van der Waals surface area contributed by atoms with E-state index in [1.807, 2.05) is 18.3 Å². The molecule has 4 aliphatic rings. The van der Waals surface area contributed by atoms with E-state index < -0.39 is 6.04 Å². The predicted octanol–water partition coefficient (Wildman–Crippen LogP) is 5.47. The van der Waals surface area contributed by atoms with Gasteiger partial charge in [-0.25, -0.2) is 0 Å². The monoisotopic (exact) mass is 713 g/mol. The number of fused-ring (bicyclic) bond motifs is 2. The van der Waals surface area contributed by atoms with Gasteiger partial charge in [-0.1, -0.05) is 18.2 Å². The van der Waals surface area contributed by atoms with E-state index in [0.29, 0.717) is 36.6 Å². The zero-order valence-corrected chi connectivity index (χ0v) is 30.4. The second-order valence-electron chi connectivity index (χ2n) is 14.9. The average Bonchev–Trinajstić information content (AvgIpc) is 3.77. The van der Waals surface area contributed by atoms with Crippen molar-refractivity contribution in [2.75, 3.05) is 62.2 Å². The molecule has 1 aromatic heterocycles. The molecule has 0 radical (unpaired) electrons. The number of piperidine rings is 2. The normalized spacial score (nSPS) is 19.8. The summed E-state index contributed by atoms with van der Waals surface area (Å²) in [5.41, 5.74) is 8.19. The molecule has 11 nitrogen and oxygen atoms in total. The van der Waals surface area contributed by atoms with Gasteiger partial charge in [0.25, 0.3) is 5.91 Å². The van der Waals surface area contributed by atoms with E-state index in [2.05, 4.69) is 80.5 Å². The lowest BCUT2D eigenvalue weighted by atomic mass is 9.89. The largest absolute Gasteiger partial charge is 0.494 e. The van der Waals surface area contributed by atoms with Crippen molar-refractivity contribution in [2.24, 2.45) is 0 Å². The molecule has 3 amide bonds. The second kappa shape index (κ2) is 15.0. The molecule has 1 atom stereocenters. The van der Waals surface area contributed by atoms with Crippen molar-refractivity contribution < 1.29 is 19.1 Å². The van der Waals surface area contributed by atoms with E-state index in [1.54, 1.807) is 4.90 Å². The van der Waals surface area contributed by atoms with Gasteiger partial charge in [-0.15, -0.1) is 0 Å². The number of carbonyl (C=O) groups is 3. The maximum Gasteiger partial charge on any atom is 0.255 e. The first-order chi connectivity index (χ1) is 25.9. The van der Waals surface area contributed by atoms with Crippen molar-refractivity contribution in [3.8, 4) is 11.8 Å². The number of nitrogens with one attached hydrogen (secondary N) is 2. The molecule has 3 fully saturated rings. The second-order valence-corrected chi connectivity index (χ2v) is 14.9. The molecule has 1 unspecified atom stereocenters. The Balaban J connectivity index is 0.741. The van der Waals surface area contributed by atoms with E-state index in [9.17, 15) is 19.6 Å². The molecule has 11 heteroatoms. The summed E-state index contributed by atoms with van der Waals surface area (Å²) in [6, 6.07) is 20.8. The fourth-order valence-corrected chi connectivity index (χ4v) is 8.66. The Hall–Kier alpha value is -5.34. The van der Waals surface area contributed by atoms with Gasteiger partial charge in [-0.2, -0.15) is 5.26 Å². The van der Waals surface area contributed by atoms with Crippen molar-refractivity contribution in [3.63, 3.8) is 0 Å². The van der Waals surface area contributed by atoms with Crippen LogP contribution in [0.15, 0.2) is 60.8 Å². The van der Waals surface area contributed by atoms with Crippen LogP contribution in [0.3, 0.4) is 0 Å². The molecule has 5 heterocycles. The predicted molar refractivity (Wildman–Crippen MR) is 204 cm³/mol. The quantitative estimate of drug-likeness (QED) is 0.164. The number of imide groups is 1. The number of hydrogen-bond acceptors (Lipinski definition) is 8. The first-order valence-corrected chi connectivity index (χ1v) is 19.1. The molecule has 53 heavy (non-hydrogen) atoms. The number of rotatable bonds is 10. The lowest BCUT2D eigenvalue weighted by molar-refractivity contribution is -0.136. The number of nitriles is 1. The Labute approximate surface area is 310 Å². The molecule has 3 aromatic carbocycles. The summed E-state index contributed by atoms with van der Waals surface area (Å²) >= 11 is 0. The van der Waals surface area contributed by atoms with Crippen molar-refractivity contribution in [2.45, 2.75) is 64.0 Å². The number of nitrogens with zero attached hydrogens (tertiary/aromatic N) is 5. The number of anilines is 2. The maximum absolute atomic E-state index is 13.1. The van der Waals surface area contributed by atoms with E-state index in [1.165, 1.54) is 11.3 Å². The number of piperazine rings is 1. The Bertz CT molecular complexity index is 2050. The average molecular weight is 714 g/mol. The topological polar surface area (TPSA) is 125 Å². The molecule has 0 spiro atoms. The number of ether oxygens (including phenoxy) is 1. The van der Waals surface area contributed by atoms with Crippen LogP contribution in [0.1, 0.15) is 77.1 Å². The van der Waals surface area contributed by atoms with Crippen LogP contribution in [-0.4, -0.2) is 91.0 Å². The number of aromatic amines is 1. The standard InChI is InChI=1S/C42H47N7O4/c1-28-4-11-36(40-39(28)32(25-43)26-44-40)48-17-14-30(15-18-48)29-5-8-34(9-6-29)53-23-3-2-16-46-19-21-47(22-20-46)33-7-10-35-31(24-33)27-49(42(35)52)37-12-13-38(50)45-41(37)51/h4-11,24,26,30,37,44H,2-3,12-23,27H2,1H3,(H,45,50,51). The molecule has 4 aliphatic heterocycles. The van der Waals surface area contributed by atoms with Crippen LogP contribution < -0.4 is 19.9 Å². The number of carbonyl (C=O) groups excluding carboxylic acids is 3. The van der Waals surface area contributed by atoms with Gasteiger partial charge in [-0.05, 0) is 105 Å². The number of unbranched alkanes of at least 4 members (excludes halogenated alkanes) is 1. The first-order valence-electron chi connectivity index (χ1n) is 19.1. The molecule has 274 valence electrons. The van der Waals surface area contributed by atoms with E-state index in [4.69, 9.17) is 4.74 Å². The third-order valence-corrected chi connectivity index (χ3v) is 11.7. The van der Waals surface area contributed by atoms with Crippen LogP contribution in [0.4, 0.5) is 11.4 Å². The summed E-state index contributed by atoms with van der Waals surface area (Å²) in [7, 11) is 0. The molecular formula is C42H47N7O4. The van der Waals surface area contributed by atoms with Crippen LogP contribution in [0.25, 0.3) is 10.9 Å². The lowest BCUT2D eigenvalue weighted by Crippen LogP contribution is -2.52. The summed E-state index contributed by atoms with van der Waals surface area (Å²) in [5, 5.41) is 12.9. The van der Waals surface area contributed by atoms with Crippen molar-refractivity contribution >= 4 is 40.0 Å². The fraction of sp³-hybridized carbons (Fsp3) is 0.429. The van der Waals surface area contributed by atoms with Crippen LogP contribution in [0.2, 0.25) is 0 Å². The van der Waals surface area contributed by atoms with Crippen LogP contribution in [-0.2, 0) is 16.1 Å². The fourth-order valence-electron chi connectivity index (χ4n) is 8.66. The van der Waals surface area contributed by atoms with Crippen molar-refractivity contribution in [1.29, 1.82) is 5.26 Å². The Morgan fingerprint density at radius 1 is 0.887 bits per heavy atom. The minimum Gasteiger partial charge on any atom is -0.494 e. The van der Waals surface area contributed by atoms with E-state index in [-0.39, 0.29) is 24.1 Å². The molecule has 2 N–H and O–H groups in total. The zero-order chi connectivity index (χ0) is 36.5. The Morgan fingerprint density at radius 2 is 1.68 bits per heavy atom. The van der Waals surface area contributed by atoms with Crippen LogP contribution in [0, 0.1) is 18.3 Å². The highest BCUT2D eigenvalue weighted by molar-refractivity contribution is 6.05. The Kier molecular flexibility index (Phi) is 9.80. The maximum atomic E-state index is 13.1. The number of aromatic nitrogens is 1. The SMILES string of the molecule is Cc1ccc(N2CCC(c3ccc(OCCCCN4CCN(c5ccc6c(c5)CN(C5CCC(=O)NC5=O)C6=O)CC4)cc3)CC2)c2[nH]cc(C#N)c12. The molecular weight excluding hydrogens is 667 g/mol. The number of hydrogen-bond donors (Lipinski definition) is 2. The van der Waals surface area contributed by atoms with E-state index >= 15 is 0 Å². The molecule has 4 aromatic rings. The van der Waals surface area contributed by atoms with Gasteiger partial charge in [0.1, 0.15) is 17.9 Å². The third kappa shape index (κ3) is 7.08. The summed E-state index contributed by atoms with van der Waals surface area (Å²) in [5.74, 6) is 0.680. The highest BCUT2D eigenvalue weighted by Gasteiger charge is 2.39. The summed E-state index contributed by atoms with van der Waals surface area (Å²) in [4.78, 5) is 49.4. The van der Waals surface area contributed by atoms with Gasteiger partial charge in [-0.3, -0.25) is 24.6 Å². The highest BCUT2D eigenvalue weighted by Crippen LogP contribution is 2.36. The molecule has 8 rings (SSSR count). The van der Waals surface area contributed by atoms with Crippen LogP contribution >= 0.6 is 0 Å². The lowest BCUT2D eigenvalue weighted by Gasteiger charge is -2.36. The van der Waals surface area contributed by atoms with Gasteiger partial charge in [0.2, 0.25) is 11.8 Å². The summed E-state index contributed by atoms with van der Waals surface area (Å²) in [6.07, 6.45) is 6.74. The van der Waals surface area contributed by atoms with Crippen LogP contribution in [0.5, 0.6) is 5.75 Å². The van der Waals surface area contributed by atoms with Gasteiger partial charge < -0.3 is 24.4 Å². The molecule has 3 saturated heterocycles. The Morgan fingerprint density at radius 3 is 2.43 bits per heavy atom. The van der Waals surface area contributed by atoms with Gasteiger partial charge in [0.15, 0.2) is 0 Å².